The van der Waals surface area contributed by atoms with E-state index in [-0.39, 0.29) is 13.2 Å². The van der Waals surface area contributed by atoms with E-state index in [1.54, 1.807) is 20.3 Å². The van der Waals surface area contributed by atoms with Gasteiger partial charge >= 0.3 is 0 Å². The van der Waals surface area contributed by atoms with Crippen molar-refractivity contribution in [2.45, 2.75) is 5.79 Å². The van der Waals surface area contributed by atoms with Crippen molar-refractivity contribution in [3.63, 3.8) is 0 Å². The van der Waals surface area contributed by atoms with Crippen molar-refractivity contribution in [2.75, 3.05) is 40.6 Å². The van der Waals surface area contributed by atoms with Gasteiger partial charge in [0.05, 0.1) is 39.6 Å². The van der Waals surface area contributed by atoms with E-state index < -0.39 is 5.79 Å². The van der Waals surface area contributed by atoms with E-state index in [9.17, 15) is 0 Å². The van der Waals surface area contributed by atoms with Gasteiger partial charge in [-0.1, -0.05) is 0 Å². The van der Waals surface area contributed by atoms with E-state index >= 15 is 0 Å². The molecule has 0 aromatic heterocycles. The van der Waals surface area contributed by atoms with Crippen LogP contribution in [0.1, 0.15) is 11.1 Å². The number of methoxy groups -OCH3 is 2. The fourth-order valence-electron chi connectivity index (χ4n) is 2.89. The highest BCUT2D eigenvalue weighted by molar-refractivity contribution is 5.48. The van der Waals surface area contributed by atoms with Gasteiger partial charge in [-0.15, -0.1) is 0 Å². The van der Waals surface area contributed by atoms with Crippen molar-refractivity contribution >= 4 is 0 Å². The SMILES string of the molecule is COc1ccc(C2(c3ccc(OCCO)cc3)OCCO2)c(OC)c1. The maximum atomic E-state index is 8.86. The number of benzene rings is 2. The van der Waals surface area contributed by atoms with E-state index in [0.29, 0.717) is 30.5 Å². The molecule has 2 aromatic rings. The molecule has 0 saturated carbocycles. The first-order valence-corrected chi connectivity index (χ1v) is 8.08. The van der Waals surface area contributed by atoms with Gasteiger partial charge in [0.25, 0.3) is 0 Å². The first kappa shape index (κ1) is 17.5. The van der Waals surface area contributed by atoms with Crippen LogP contribution in [0.5, 0.6) is 17.2 Å². The Balaban J connectivity index is 2.00. The van der Waals surface area contributed by atoms with Crippen LogP contribution in [0.3, 0.4) is 0 Å². The van der Waals surface area contributed by atoms with Crippen LogP contribution in [0, 0.1) is 0 Å². The van der Waals surface area contributed by atoms with Gasteiger partial charge in [0.15, 0.2) is 0 Å². The molecule has 134 valence electrons. The molecule has 3 rings (SSSR count). The standard InChI is InChI=1S/C19H22O6/c1-21-16-7-8-17(18(13-16)22-2)19(24-11-12-25-19)14-3-5-15(6-4-14)23-10-9-20/h3-8,13,20H,9-12H2,1-2H3. The van der Waals surface area contributed by atoms with Crippen molar-refractivity contribution in [2.24, 2.45) is 0 Å². The molecule has 1 aliphatic heterocycles. The molecule has 6 heteroatoms. The number of aliphatic hydroxyl groups excluding tert-OH is 1. The zero-order valence-electron chi connectivity index (χ0n) is 14.4. The van der Waals surface area contributed by atoms with Gasteiger partial charge in [-0.25, -0.2) is 0 Å². The van der Waals surface area contributed by atoms with Crippen molar-refractivity contribution in [3.8, 4) is 17.2 Å². The third kappa shape index (κ3) is 3.42. The minimum Gasteiger partial charge on any atom is -0.497 e. The molecule has 1 heterocycles. The van der Waals surface area contributed by atoms with Crippen LogP contribution in [0.25, 0.3) is 0 Å². The zero-order valence-corrected chi connectivity index (χ0v) is 14.4. The highest BCUT2D eigenvalue weighted by atomic mass is 16.7. The summed E-state index contributed by atoms with van der Waals surface area (Å²) in [6.45, 7) is 1.20. The average Bonchev–Trinajstić information content (AvgIpc) is 3.17. The highest BCUT2D eigenvalue weighted by Gasteiger charge is 2.43. The smallest absolute Gasteiger partial charge is 0.226 e. The van der Waals surface area contributed by atoms with Gasteiger partial charge in [-0.2, -0.15) is 0 Å². The Morgan fingerprint density at radius 2 is 1.64 bits per heavy atom. The Morgan fingerprint density at radius 1 is 0.960 bits per heavy atom. The lowest BCUT2D eigenvalue weighted by atomic mass is 9.96. The molecule has 1 N–H and O–H groups in total. The summed E-state index contributed by atoms with van der Waals surface area (Å²) in [5.41, 5.74) is 1.61. The maximum Gasteiger partial charge on any atom is 0.226 e. The number of hydrogen-bond acceptors (Lipinski definition) is 6. The highest BCUT2D eigenvalue weighted by Crippen LogP contribution is 2.44. The van der Waals surface area contributed by atoms with E-state index in [2.05, 4.69) is 0 Å². The lowest BCUT2D eigenvalue weighted by Gasteiger charge is -2.30. The fourth-order valence-corrected chi connectivity index (χ4v) is 2.89. The minimum absolute atomic E-state index is 0.0268. The number of rotatable bonds is 7. The van der Waals surface area contributed by atoms with E-state index in [0.717, 1.165) is 11.1 Å². The topological polar surface area (TPSA) is 66.4 Å². The second-order valence-electron chi connectivity index (χ2n) is 5.48. The molecule has 0 amide bonds. The Kier molecular flexibility index (Phi) is 5.43. The van der Waals surface area contributed by atoms with Crippen molar-refractivity contribution in [1.29, 1.82) is 0 Å². The molecule has 0 atom stereocenters. The van der Waals surface area contributed by atoms with E-state index in [4.69, 9.17) is 28.8 Å². The summed E-state index contributed by atoms with van der Waals surface area (Å²) in [6, 6.07) is 13.0. The monoisotopic (exact) mass is 346 g/mol. The van der Waals surface area contributed by atoms with Crippen LogP contribution in [0.15, 0.2) is 42.5 Å². The first-order valence-electron chi connectivity index (χ1n) is 8.08. The van der Waals surface area contributed by atoms with Gasteiger partial charge in [0, 0.05) is 11.6 Å². The molecule has 25 heavy (non-hydrogen) atoms. The van der Waals surface area contributed by atoms with Gasteiger partial charge in [-0.05, 0) is 36.4 Å². The third-order valence-corrected chi connectivity index (χ3v) is 4.05. The van der Waals surface area contributed by atoms with Crippen LogP contribution in [-0.4, -0.2) is 45.8 Å². The zero-order chi connectivity index (χ0) is 17.7. The van der Waals surface area contributed by atoms with Crippen molar-refractivity contribution in [1.82, 2.24) is 0 Å². The fraction of sp³-hybridized carbons (Fsp3) is 0.368. The summed E-state index contributed by atoms with van der Waals surface area (Å²) in [4.78, 5) is 0. The van der Waals surface area contributed by atoms with Gasteiger partial charge in [-0.3, -0.25) is 0 Å². The summed E-state index contributed by atoms with van der Waals surface area (Å²) in [7, 11) is 3.21. The summed E-state index contributed by atoms with van der Waals surface area (Å²) < 4.78 is 28.3. The Morgan fingerprint density at radius 3 is 2.24 bits per heavy atom. The first-order chi connectivity index (χ1) is 12.2. The second-order valence-corrected chi connectivity index (χ2v) is 5.48. The van der Waals surface area contributed by atoms with E-state index in [1.807, 2.05) is 36.4 Å². The molecule has 1 fully saturated rings. The Labute approximate surface area is 146 Å². The second kappa shape index (κ2) is 7.74. The molecule has 1 saturated heterocycles. The molecule has 0 aliphatic carbocycles. The predicted octanol–water partition coefficient (Wildman–Crippen LogP) is 2.32. The predicted molar refractivity (Wildman–Crippen MR) is 91.3 cm³/mol. The Hall–Kier alpha value is -2.28. The molecule has 2 aromatic carbocycles. The van der Waals surface area contributed by atoms with Gasteiger partial charge < -0.3 is 28.8 Å². The lowest BCUT2D eigenvalue weighted by molar-refractivity contribution is -0.131. The normalized spacial score (nSPS) is 15.8. The number of ether oxygens (including phenoxy) is 5. The van der Waals surface area contributed by atoms with Crippen molar-refractivity contribution in [3.05, 3.63) is 53.6 Å². The van der Waals surface area contributed by atoms with Crippen LogP contribution in [0.2, 0.25) is 0 Å². The Bertz CT molecular complexity index is 692. The molecule has 0 bridgehead atoms. The molecule has 0 spiro atoms. The summed E-state index contributed by atoms with van der Waals surface area (Å²) in [5.74, 6) is 0.962. The third-order valence-electron chi connectivity index (χ3n) is 4.05. The van der Waals surface area contributed by atoms with Crippen molar-refractivity contribution < 1.29 is 28.8 Å². The molecule has 1 aliphatic rings. The average molecular weight is 346 g/mol. The largest absolute Gasteiger partial charge is 0.497 e. The van der Waals surface area contributed by atoms with Crippen LogP contribution >= 0.6 is 0 Å². The molecule has 0 unspecified atom stereocenters. The molecule has 6 nitrogen and oxygen atoms in total. The number of hydrogen-bond donors (Lipinski definition) is 1. The van der Waals surface area contributed by atoms with Crippen LogP contribution < -0.4 is 14.2 Å². The van der Waals surface area contributed by atoms with Crippen LogP contribution in [0.4, 0.5) is 0 Å². The quantitative estimate of drug-likeness (QED) is 0.830. The molecular formula is C19H22O6. The minimum atomic E-state index is -1.03. The summed E-state index contributed by atoms with van der Waals surface area (Å²) in [6.07, 6.45) is 0. The summed E-state index contributed by atoms with van der Waals surface area (Å²) in [5, 5.41) is 8.86. The molecular weight excluding hydrogens is 324 g/mol. The van der Waals surface area contributed by atoms with Gasteiger partial charge in [0.1, 0.15) is 23.9 Å². The number of aliphatic hydroxyl groups is 1. The van der Waals surface area contributed by atoms with Crippen LogP contribution in [-0.2, 0) is 15.3 Å². The van der Waals surface area contributed by atoms with Gasteiger partial charge in [0.2, 0.25) is 5.79 Å². The molecule has 0 radical (unpaired) electrons. The summed E-state index contributed by atoms with van der Waals surface area (Å²) >= 11 is 0. The maximum absolute atomic E-state index is 8.86. The van der Waals surface area contributed by atoms with E-state index in [1.165, 1.54) is 0 Å². The lowest BCUT2D eigenvalue weighted by Crippen LogP contribution is -2.29.